The van der Waals surface area contributed by atoms with Crippen molar-refractivity contribution in [1.29, 1.82) is 0 Å². The van der Waals surface area contributed by atoms with Crippen molar-refractivity contribution in [3.05, 3.63) is 23.1 Å². The van der Waals surface area contributed by atoms with Crippen LogP contribution < -0.4 is 5.32 Å². The Kier molecular flexibility index (Phi) is 4.05. The number of piperidine rings is 1. The zero-order valence-electron chi connectivity index (χ0n) is 12.9. The molecule has 0 atom stereocenters. The molecular formula is C17H23ClN4. The van der Waals surface area contributed by atoms with Crippen molar-refractivity contribution in [2.24, 2.45) is 0 Å². The fourth-order valence-corrected chi connectivity index (χ4v) is 4.20. The summed E-state index contributed by atoms with van der Waals surface area (Å²) < 4.78 is 2.45. The van der Waals surface area contributed by atoms with Crippen LogP contribution >= 0.6 is 11.6 Å². The standard InChI is InChI=1S/C17H23ClN4/c18-13-10-15-17(20-11-13)22(14-6-8-19-9-7-14)16(21-15)12-4-2-1-3-5-12/h10-12,14,19H,1-9H2. The molecule has 0 radical (unpaired) electrons. The second-order valence-electron chi connectivity index (χ2n) is 6.65. The minimum absolute atomic E-state index is 0.525. The molecule has 0 amide bonds. The SMILES string of the molecule is Clc1cnc2c(c1)nc(C1CCCCC1)n2C1CCNCC1. The van der Waals surface area contributed by atoms with Crippen molar-refractivity contribution in [1.82, 2.24) is 19.9 Å². The van der Waals surface area contributed by atoms with E-state index in [0.29, 0.717) is 17.0 Å². The minimum Gasteiger partial charge on any atom is -0.317 e. The lowest BCUT2D eigenvalue weighted by Crippen LogP contribution is -2.30. The van der Waals surface area contributed by atoms with Crippen LogP contribution in [0.1, 0.15) is 62.7 Å². The predicted octanol–water partition coefficient (Wildman–Crippen LogP) is 4.06. The van der Waals surface area contributed by atoms with Gasteiger partial charge in [-0.2, -0.15) is 0 Å². The minimum atomic E-state index is 0.525. The number of nitrogens with one attached hydrogen (secondary N) is 1. The molecule has 1 aliphatic heterocycles. The summed E-state index contributed by atoms with van der Waals surface area (Å²) in [6, 6.07) is 2.49. The van der Waals surface area contributed by atoms with E-state index >= 15 is 0 Å². The summed E-state index contributed by atoms with van der Waals surface area (Å²) in [5.41, 5.74) is 1.99. The second-order valence-corrected chi connectivity index (χ2v) is 7.09. The fraction of sp³-hybridized carbons (Fsp3) is 0.647. The Labute approximate surface area is 136 Å². The van der Waals surface area contributed by atoms with E-state index < -0.39 is 0 Å². The number of aromatic nitrogens is 3. The van der Waals surface area contributed by atoms with E-state index in [0.717, 1.165) is 37.1 Å². The van der Waals surface area contributed by atoms with E-state index in [2.05, 4.69) is 14.9 Å². The molecular weight excluding hydrogens is 296 g/mol. The Morgan fingerprint density at radius 1 is 1.09 bits per heavy atom. The number of fused-ring (bicyclic) bond motifs is 1. The summed E-state index contributed by atoms with van der Waals surface area (Å²) >= 11 is 6.13. The van der Waals surface area contributed by atoms with Crippen LogP contribution in [0.4, 0.5) is 0 Å². The monoisotopic (exact) mass is 318 g/mol. The smallest absolute Gasteiger partial charge is 0.160 e. The van der Waals surface area contributed by atoms with Gasteiger partial charge in [0.15, 0.2) is 5.65 Å². The quantitative estimate of drug-likeness (QED) is 0.908. The van der Waals surface area contributed by atoms with E-state index in [4.69, 9.17) is 16.6 Å². The van der Waals surface area contributed by atoms with Gasteiger partial charge in [0.1, 0.15) is 11.3 Å². The van der Waals surface area contributed by atoms with Crippen molar-refractivity contribution in [3.63, 3.8) is 0 Å². The molecule has 5 heteroatoms. The Morgan fingerprint density at radius 2 is 1.86 bits per heavy atom. The van der Waals surface area contributed by atoms with Crippen LogP contribution in [0.3, 0.4) is 0 Å². The summed E-state index contributed by atoms with van der Waals surface area (Å²) in [6.07, 6.45) is 10.6. The first-order chi connectivity index (χ1) is 10.8. The molecule has 0 aromatic carbocycles. The largest absolute Gasteiger partial charge is 0.317 e. The summed E-state index contributed by atoms with van der Waals surface area (Å²) in [6.45, 7) is 2.17. The lowest BCUT2D eigenvalue weighted by Gasteiger charge is -2.29. The lowest BCUT2D eigenvalue weighted by molar-refractivity contribution is 0.343. The Hall–Kier alpha value is -1.13. The van der Waals surface area contributed by atoms with Crippen LogP contribution in [0.25, 0.3) is 11.2 Å². The molecule has 2 aliphatic rings. The van der Waals surface area contributed by atoms with Crippen molar-refractivity contribution >= 4 is 22.8 Å². The zero-order chi connectivity index (χ0) is 14.9. The van der Waals surface area contributed by atoms with Gasteiger partial charge in [-0.1, -0.05) is 30.9 Å². The Balaban J connectivity index is 1.81. The molecule has 2 fully saturated rings. The first-order valence-electron chi connectivity index (χ1n) is 8.57. The van der Waals surface area contributed by atoms with Gasteiger partial charge in [-0.3, -0.25) is 0 Å². The van der Waals surface area contributed by atoms with Gasteiger partial charge in [-0.25, -0.2) is 9.97 Å². The molecule has 3 heterocycles. The first kappa shape index (κ1) is 14.5. The van der Waals surface area contributed by atoms with Gasteiger partial charge in [0.05, 0.1) is 5.02 Å². The molecule has 1 saturated carbocycles. The molecule has 4 nitrogen and oxygen atoms in total. The van der Waals surface area contributed by atoms with Crippen LogP contribution in [0.2, 0.25) is 5.02 Å². The molecule has 4 rings (SSSR count). The highest BCUT2D eigenvalue weighted by Gasteiger charge is 2.27. The molecule has 0 bridgehead atoms. The van der Waals surface area contributed by atoms with Crippen LogP contribution in [0.5, 0.6) is 0 Å². The lowest BCUT2D eigenvalue weighted by atomic mass is 9.88. The van der Waals surface area contributed by atoms with Crippen LogP contribution in [0, 0.1) is 0 Å². The van der Waals surface area contributed by atoms with Crippen molar-refractivity contribution in [2.75, 3.05) is 13.1 Å². The first-order valence-corrected chi connectivity index (χ1v) is 8.95. The van der Waals surface area contributed by atoms with Crippen molar-refractivity contribution in [2.45, 2.75) is 56.9 Å². The molecule has 2 aromatic rings. The predicted molar refractivity (Wildman–Crippen MR) is 89.5 cm³/mol. The van der Waals surface area contributed by atoms with E-state index in [1.165, 1.54) is 37.9 Å². The topological polar surface area (TPSA) is 42.7 Å². The highest BCUT2D eigenvalue weighted by atomic mass is 35.5. The number of hydrogen-bond donors (Lipinski definition) is 1. The molecule has 0 unspecified atom stereocenters. The van der Waals surface area contributed by atoms with E-state index in [1.807, 2.05) is 6.07 Å². The number of hydrogen-bond acceptors (Lipinski definition) is 3. The highest BCUT2D eigenvalue weighted by molar-refractivity contribution is 6.31. The summed E-state index contributed by atoms with van der Waals surface area (Å²) in [7, 11) is 0. The maximum Gasteiger partial charge on any atom is 0.160 e. The third-order valence-corrected chi connectivity index (χ3v) is 5.37. The van der Waals surface area contributed by atoms with Crippen LogP contribution in [-0.4, -0.2) is 27.6 Å². The average molecular weight is 319 g/mol. The van der Waals surface area contributed by atoms with Gasteiger partial charge in [0, 0.05) is 18.2 Å². The van der Waals surface area contributed by atoms with E-state index in [1.54, 1.807) is 6.20 Å². The maximum absolute atomic E-state index is 6.13. The van der Waals surface area contributed by atoms with Gasteiger partial charge in [-0.05, 0) is 44.8 Å². The van der Waals surface area contributed by atoms with Crippen LogP contribution in [0.15, 0.2) is 12.3 Å². The van der Waals surface area contributed by atoms with E-state index in [9.17, 15) is 0 Å². The Bertz CT molecular complexity index is 654. The number of rotatable bonds is 2. The fourth-order valence-electron chi connectivity index (χ4n) is 4.05. The zero-order valence-corrected chi connectivity index (χ0v) is 13.6. The summed E-state index contributed by atoms with van der Waals surface area (Å²) in [5, 5.41) is 4.14. The number of imidazole rings is 1. The van der Waals surface area contributed by atoms with Crippen molar-refractivity contribution < 1.29 is 0 Å². The number of nitrogens with zero attached hydrogens (tertiary/aromatic N) is 3. The third-order valence-electron chi connectivity index (χ3n) is 5.17. The third kappa shape index (κ3) is 2.63. The molecule has 1 aliphatic carbocycles. The van der Waals surface area contributed by atoms with Crippen molar-refractivity contribution in [3.8, 4) is 0 Å². The van der Waals surface area contributed by atoms with Gasteiger partial charge in [0.25, 0.3) is 0 Å². The van der Waals surface area contributed by atoms with Gasteiger partial charge < -0.3 is 9.88 Å². The molecule has 0 spiro atoms. The second kappa shape index (κ2) is 6.17. The average Bonchev–Trinajstić information content (AvgIpc) is 2.95. The van der Waals surface area contributed by atoms with Gasteiger partial charge in [0.2, 0.25) is 0 Å². The number of halogens is 1. The van der Waals surface area contributed by atoms with Crippen LogP contribution in [-0.2, 0) is 0 Å². The highest BCUT2D eigenvalue weighted by Crippen LogP contribution is 2.37. The summed E-state index contributed by atoms with van der Waals surface area (Å²) in [5.74, 6) is 1.85. The molecule has 1 saturated heterocycles. The normalized spacial score (nSPS) is 21.5. The van der Waals surface area contributed by atoms with Gasteiger partial charge in [-0.15, -0.1) is 0 Å². The summed E-state index contributed by atoms with van der Waals surface area (Å²) in [4.78, 5) is 9.59. The molecule has 1 N–H and O–H groups in total. The molecule has 118 valence electrons. The molecule has 22 heavy (non-hydrogen) atoms. The maximum atomic E-state index is 6.13. The van der Waals surface area contributed by atoms with Gasteiger partial charge >= 0.3 is 0 Å². The number of pyridine rings is 1. The molecule has 2 aromatic heterocycles. The Morgan fingerprint density at radius 3 is 2.64 bits per heavy atom. The van der Waals surface area contributed by atoms with E-state index in [-0.39, 0.29) is 0 Å².